The largest absolute Gasteiger partial charge is 0.383 e. The SMILES string of the molecule is Cc1cccc(CS(=O)(=O)NC[C@@](O)(c2ccccc2)C2CC2)c1. The first-order valence-electron chi connectivity index (χ1n) is 8.20. The third-order valence-corrected chi connectivity index (χ3v) is 5.82. The maximum atomic E-state index is 12.4. The van der Waals surface area contributed by atoms with E-state index < -0.39 is 15.6 Å². The Kier molecular flexibility index (Phi) is 4.76. The standard InChI is InChI=1S/C19H23NO3S/c1-15-6-5-7-16(12-15)13-24(22,23)20-14-19(21,18-10-11-18)17-8-3-2-4-9-17/h2-9,12,18,20-21H,10-11,13-14H2,1H3/t19-/m1/s1. The zero-order valence-electron chi connectivity index (χ0n) is 13.8. The first-order valence-corrected chi connectivity index (χ1v) is 9.85. The van der Waals surface area contributed by atoms with Crippen molar-refractivity contribution in [3.63, 3.8) is 0 Å². The molecule has 0 radical (unpaired) electrons. The molecule has 0 heterocycles. The van der Waals surface area contributed by atoms with Crippen molar-refractivity contribution in [2.75, 3.05) is 6.54 Å². The van der Waals surface area contributed by atoms with Crippen molar-refractivity contribution < 1.29 is 13.5 Å². The summed E-state index contributed by atoms with van der Waals surface area (Å²) in [5.41, 5.74) is 1.41. The van der Waals surface area contributed by atoms with Crippen LogP contribution in [0.4, 0.5) is 0 Å². The lowest BCUT2D eigenvalue weighted by molar-refractivity contribution is 0.0185. The highest BCUT2D eigenvalue weighted by Crippen LogP contribution is 2.45. The average Bonchev–Trinajstić information content (AvgIpc) is 3.38. The van der Waals surface area contributed by atoms with Gasteiger partial charge in [0, 0.05) is 6.54 Å². The van der Waals surface area contributed by atoms with Crippen LogP contribution in [0.5, 0.6) is 0 Å². The normalized spacial score (nSPS) is 17.4. The van der Waals surface area contributed by atoms with Gasteiger partial charge in [0.1, 0.15) is 5.60 Å². The van der Waals surface area contributed by atoms with Crippen LogP contribution < -0.4 is 4.72 Å². The van der Waals surface area contributed by atoms with E-state index in [-0.39, 0.29) is 18.2 Å². The van der Waals surface area contributed by atoms with Crippen LogP contribution in [0.15, 0.2) is 54.6 Å². The molecule has 1 aliphatic rings. The van der Waals surface area contributed by atoms with E-state index in [1.165, 1.54) is 0 Å². The molecule has 2 aromatic carbocycles. The predicted octanol–water partition coefficient (Wildman–Crippen LogP) is 2.71. The number of benzene rings is 2. The minimum absolute atomic E-state index is 0.00975. The maximum absolute atomic E-state index is 12.4. The van der Waals surface area contributed by atoms with Crippen molar-refractivity contribution in [1.29, 1.82) is 0 Å². The van der Waals surface area contributed by atoms with Crippen LogP contribution in [0.25, 0.3) is 0 Å². The van der Waals surface area contributed by atoms with E-state index in [2.05, 4.69) is 4.72 Å². The van der Waals surface area contributed by atoms with Gasteiger partial charge >= 0.3 is 0 Å². The number of nitrogens with one attached hydrogen (secondary N) is 1. The number of aryl methyl sites for hydroxylation is 1. The van der Waals surface area contributed by atoms with Gasteiger partial charge in [0.25, 0.3) is 0 Å². The Morgan fingerprint density at radius 2 is 1.83 bits per heavy atom. The lowest BCUT2D eigenvalue weighted by atomic mass is 9.89. The van der Waals surface area contributed by atoms with Crippen LogP contribution in [0.1, 0.15) is 29.5 Å². The van der Waals surface area contributed by atoms with E-state index >= 15 is 0 Å². The fourth-order valence-electron chi connectivity index (χ4n) is 3.06. The summed E-state index contributed by atoms with van der Waals surface area (Å²) < 4.78 is 27.4. The number of rotatable bonds is 7. The number of hydrogen-bond acceptors (Lipinski definition) is 3. The molecule has 2 aromatic rings. The summed E-state index contributed by atoms with van der Waals surface area (Å²) >= 11 is 0. The van der Waals surface area contributed by atoms with Crippen molar-refractivity contribution >= 4 is 10.0 Å². The summed E-state index contributed by atoms with van der Waals surface area (Å²) in [4.78, 5) is 0. The highest BCUT2D eigenvalue weighted by atomic mass is 32.2. The maximum Gasteiger partial charge on any atom is 0.215 e. The highest BCUT2D eigenvalue weighted by molar-refractivity contribution is 7.88. The van der Waals surface area contributed by atoms with Gasteiger partial charge in [-0.05, 0) is 36.8 Å². The van der Waals surface area contributed by atoms with Gasteiger partial charge in [-0.2, -0.15) is 0 Å². The zero-order chi connectivity index (χ0) is 17.2. The summed E-state index contributed by atoms with van der Waals surface area (Å²) in [5.74, 6) is 0.0334. The molecule has 3 rings (SSSR count). The molecule has 24 heavy (non-hydrogen) atoms. The van der Waals surface area contributed by atoms with Crippen LogP contribution in [0.2, 0.25) is 0 Å². The van der Waals surface area contributed by atoms with Gasteiger partial charge in [0.05, 0.1) is 5.75 Å². The van der Waals surface area contributed by atoms with Crippen molar-refractivity contribution in [1.82, 2.24) is 4.72 Å². The van der Waals surface area contributed by atoms with Crippen LogP contribution in [-0.2, 0) is 21.4 Å². The first-order chi connectivity index (χ1) is 11.4. The smallest absolute Gasteiger partial charge is 0.215 e. The number of sulfonamides is 1. The molecule has 128 valence electrons. The summed E-state index contributed by atoms with van der Waals surface area (Å²) in [6.07, 6.45) is 1.84. The Hall–Kier alpha value is -1.69. The molecule has 4 nitrogen and oxygen atoms in total. The topological polar surface area (TPSA) is 66.4 Å². The molecule has 0 unspecified atom stereocenters. The van der Waals surface area contributed by atoms with E-state index in [1.54, 1.807) is 6.07 Å². The van der Waals surface area contributed by atoms with Gasteiger partial charge in [-0.25, -0.2) is 13.1 Å². The van der Waals surface area contributed by atoms with Crippen molar-refractivity contribution in [2.45, 2.75) is 31.1 Å². The Bertz CT molecular complexity index is 800. The quantitative estimate of drug-likeness (QED) is 0.811. The second-order valence-electron chi connectivity index (χ2n) is 6.63. The van der Waals surface area contributed by atoms with E-state index in [4.69, 9.17) is 0 Å². The Morgan fingerprint density at radius 1 is 1.12 bits per heavy atom. The average molecular weight is 345 g/mol. The van der Waals surface area contributed by atoms with E-state index in [1.807, 2.05) is 55.5 Å². The van der Waals surface area contributed by atoms with Gasteiger partial charge in [0.2, 0.25) is 10.0 Å². The van der Waals surface area contributed by atoms with Crippen molar-refractivity contribution in [3.8, 4) is 0 Å². The Labute approximate surface area is 143 Å². The minimum atomic E-state index is -3.51. The number of hydrogen-bond donors (Lipinski definition) is 2. The third-order valence-electron chi connectivity index (χ3n) is 4.53. The van der Waals surface area contributed by atoms with Gasteiger partial charge < -0.3 is 5.11 Å². The minimum Gasteiger partial charge on any atom is -0.383 e. The molecule has 1 fully saturated rings. The molecule has 1 atom stereocenters. The Morgan fingerprint density at radius 3 is 2.46 bits per heavy atom. The van der Waals surface area contributed by atoms with E-state index in [0.717, 1.165) is 29.5 Å². The second kappa shape index (κ2) is 6.67. The fourth-order valence-corrected chi connectivity index (χ4v) is 4.22. The van der Waals surface area contributed by atoms with Crippen LogP contribution >= 0.6 is 0 Å². The van der Waals surface area contributed by atoms with Crippen LogP contribution in [0.3, 0.4) is 0 Å². The molecule has 2 N–H and O–H groups in total. The Balaban J connectivity index is 1.72. The molecule has 5 heteroatoms. The molecule has 0 spiro atoms. The summed E-state index contributed by atoms with van der Waals surface area (Å²) in [6, 6.07) is 16.8. The third kappa shape index (κ3) is 4.04. The van der Waals surface area contributed by atoms with Gasteiger partial charge in [-0.3, -0.25) is 0 Å². The molecule has 0 aromatic heterocycles. The molecule has 1 aliphatic carbocycles. The lowest BCUT2D eigenvalue weighted by Gasteiger charge is -2.29. The first kappa shape index (κ1) is 17.1. The second-order valence-corrected chi connectivity index (χ2v) is 8.44. The summed E-state index contributed by atoms with van der Waals surface area (Å²) in [5, 5.41) is 11.1. The highest BCUT2D eigenvalue weighted by Gasteiger charge is 2.45. The summed E-state index contributed by atoms with van der Waals surface area (Å²) in [7, 11) is -3.51. The van der Waals surface area contributed by atoms with Gasteiger partial charge in [-0.1, -0.05) is 60.2 Å². The lowest BCUT2D eigenvalue weighted by Crippen LogP contribution is -2.42. The van der Waals surface area contributed by atoms with Crippen LogP contribution in [-0.4, -0.2) is 20.1 Å². The molecule has 0 saturated heterocycles. The molecule has 0 amide bonds. The molecule has 1 saturated carbocycles. The van der Waals surface area contributed by atoms with E-state index in [0.29, 0.717) is 0 Å². The monoisotopic (exact) mass is 345 g/mol. The van der Waals surface area contributed by atoms with Crippen molar-refractivity contribution in [3.05, 3.63) is 71.3 Å². The predicted molar refractivity (Wildman–Crippen MR) is 94.9 cm³/mol. The number of aliphatic hydroxyl groups is 1. The fraction of sp³-hybridized carbons (Fsp3) is 0.368. The molecule has 0 bridgehead atoms. The molecular weight excluding hydrogens is 322 g/mol. The molecular formula is C19H23NO3S. The van der Waals surface area contributed by atoms with Crippen LogP contribution in [0, 0.1) is 12.8 Å². The van der Waals surface area contributed by atoms with Crippen molar-refractivity contribution in [2.24, 2.45) is 5.92 Å². The van der Waals surface area contributed by atoms with E-state index in [9.17, 15) is 13.5 Å². The molecule has 0 aliphatic heterocycles. The van der Waals surface area contributed by atoms with Gasteiger partial charge in [-0.15, -0.1) is 0 Å². The zero-order valence-corrected chi connectivity index (χ0v) is 14.6. The van der Waals surface area contributed by atoms with Gasteiger partial charge in [0.15, 0.2) is 0 Å². The summed E-state index contributed by atoms with van der Waals surface area (Å²) in [6.45, 7) is 1.95.